The van der Waals surface area contributed by atoms with Gasteiger partial charge < -0.3 is 14.2 Å². The van der Waals surface area contributed by atoms with Gasteiger partial charge in [0.25, 0.3) is 5.56 Å². The van der Waals surface area contributed by atoms with Gasteiger partial charge in [-0.15, -0.1) is 0 Å². The number of aromatic nitrogens is 3. The normalized spacial score (nSPS) is 14.5. The molecule has 1 aliphatic rings. The highest BCUT2D eigenvalue weighted by Gasteiger charge is 2.33. The summed E-state index contributed by atoms with van der Waals surface area (Å²) < 4.78 is 20.6. The quantitative estimate of drug-likeness (QED) is 0.136. The molecule has 0 saturated heterocycles. The van der Waals surface area contributed by atoms with E-state index in [1.165, 1.54) is 17.4 Å². The van der Waals surface area contributed by atoms with E-state index < -0.39 is 12.0 Å². The molecule has 2 aromatic heterocycles. The van der Waals surface area contributed by atoms with E-state index in [1.54, 1.807) is 30.7 Å². The largest absolute Gasteiger partial charge is 0.497 e. The van der Waals surface area contributed by atoms with Gasteiger partial charge in [0, 0.05) is 17.3 Å². The van der Waals surface area contributed by atoms with Crippen molar-refractivity contribution in [1.82, 2.24) is 14.3 Å². The molecular weight excluding hydrogens is 625 g/mol. The number of carbonyl (C=O) groups excluding carboxylic acids is 1. The number of esters is 1. The highest BCUT2D eigenvalue weighted by molar-refractivity contribution is 7.07. The van der Waals surface area contributed by atoms with Crippen LogP contribution in [0, 0.1) is 6.92 Å². The number of nitrogens with zero attached hydrogens (tertiary/aromatic N) is 4. The Labute approximate surface area is 282 Å². The molecule has 0 spiro atoms. The molecule has 10 heteroatoms. The summed E-state index contributed by atoms with van der Waals surface area (Å²) in [6.07, 6.45) is 5.31. The molecule has 1 unspecified atom stereocenters. The Kier molecular flexibility index (Phi) is 9.27. The van der Waals surface area contributed by atoms with Crippen LogP contribution < -0.4 is 24.4 Å². The van der Waals surface area contributed by atoms with E-state index in [-0.39, 0.29) is 23.8 Å². The molecule has 9 nitrogen and oxygen atoms in total. The molecule has 48 heavy (non-hydrogen) atoms. The van der Waals surface area contributed by atoms with Crippen molar-refractivity contribution in [3.8, 4) is 28.4 Å². The minimum absolute atomic E-state index is 0.0353. The third-order valence-electron chi connectivity index (χ3n) is 7.87. The molecule has 0 N–H and O–H groups in total. The summed E-state index contributed by atoms with van der Waals surface area (Å²) in [4.78, 5) is 33.0. The number of thiazole rings is 1. The molecule has 6 rings (SSSR count). The molecule has 3 aromatic carbocycles. The summed E-state index contributed by atoms with van der Waals surface area (Å²) in [5.41, 5.74) is 5.42. The van der Waals surface area contributed by atoms with E-state index in [1.807, 2.05) is 98.4 Å². The second-order valence-electron chi connectivity index (χ2n) is 11.6. The number of carbonyl (C=O) groups is 1. The molecule has 244 valence electrons. The topological polar surface area (TPSA) is 96.9 Å². The second kappa shape index (κ2) is 13.7. The first-order valence-electron chi connectivity index (χ1n) is 15.6. The minimum Gasteiger partial charge on any atom is -0.497 e. The second-order valence-corrected chi connectivity index (χ2v) is 12.6. The number of ether oxygens (including phenoxy) is 3. The summed E-state index contributed by atoms with van der Waals surface area (Å²) >= 11 is 1.26. The predicted molar refractivity (Wildman–Crippen MR) is 187 cm³/mol. The molecule has 1 atom stereocenters. The van der Waals surface area contributed by atoms with E-state index in [9.17, 15) is 9.59 Å². The smallest absolute Gasteiger partial charge is 0.338 e. The number of allylic oxidation sites excluding steroid dienone is 1. The van der Waals surface area contributed by atoms with Crippen LogP contribution in [0.25, 0.3) is 23.0 Å². The lowest BCUT2D eigenvalue weighted by atomic mass is 9.96. The fourth-order valence-electron chi connectivity index (χ4n) is 5.65. The molecule has 0 bridgehead atoms. The number of para-hydroxylation sites is 1. The van der Waals surface area contributed by atoms with Crippen molar-refractivity contribution in [2.24, 2.45) is 4.99 Å². The molecule has 0 radical (unpaired) electrons. The van der Waals surface area contributed by atoms with E-state index >= 15 is 0 Å². The Balaban J connectivity index is 1.53. The number of hydrogen-bond donors (Lipinski definition) is 0. The zero-order valence-corrected chi connectivity index (χ0v) is 28.3. The lowest BCUT2D eigenvalue weighted by molar-refractivity contribution is -0.138. The van der Waals surface area contributed by atoms with E-state index in [0.29, 0.717) is 26.5 Å². The highest BCUT2D eigenvalue weighted by atomic mass is 32.1. The van der Waals surface area contributed by atoms with Crippen molar-refractivity contribution >= 4 is 23.4 Å². The SMILES string of the molecule is C=CCOC(=O)C1=C(C)N=c2s/c(=C\c3cn(-c4ccccc4)nc3-c3ccc(OC(C)C)c(C)c3)c(=O)n2C1c1ccc(OC)cc1. The van der Waals surface area contributed by atoms with Crippen LogP contribution in [0.2, 0.25) is 0 Å². The van der Waals surface area contributed by atoms with Crippen LogP contribution in [0.1, 0.15) is 43.5 Å². The van der Waals surface area contributed by atoms with Crippen LogP contribution in [-0.4, -0.2) is 40.1 Å². The summed E-state index contributed by atoms with van der Waals surface area (Å²) in [5.74, 6) is 0.907. The van der Waals surface area contributed by atoms with Gasteiger partial charge in [-0.05, 0) is 87.4 Å². The molecule has 0 fully saturated rings. The summed E-state index contributed by atoms with van der Waals surface area (Å²) in [6.45, 7) is 11.4. The first kappa shape index (κ1) is 32.5. The average molecular weight is 661 g/mol. The standard InChI is InChI=1S/C38H36N4O5S/c1-7-19-46-37(44)33-25(5)39-38-42(35(33)26-13-16-30(45-6)17-14-26)36(43)32(48-38)21-28-22-41(29-11-9-8-10-12-29)40-34(28)27-15-18-31(24(4)20-27)47-23(2)3/h7-18,20-23,35H,1,19H2,2-6H3/b32-21-. The van der Waals surface area contributed by atoms with E-state index in [4.69, 9.17) is 24.3 Å². The van der Waals surface area contributed by atoms with Gasteiger partial charge >= 0.3 is 5.97 Å². The predicted octanol–water partition coefficient (Wildman–Crippen LogP) is 5.92. The maximum absolute atomic E-state index is 14.4. The number of benzene rings is 3. The molecule has 0 saturated carbocycles. The van der Waals surface area contributed by atoms with Crippen molar-refractivity contribution < 1.29 is 19.0 Å². The van der Waals surface area contributed by atoms with Gasteiger partial charge in [-0.1, -0.05) is 54.3 Å². The Hall–Kier alpha value is -5.48. The monoisotopic (exact) mass is 660 g/mol. The first-order chi connectivity index (χ1) is 23.2. The van der Waals surface area contributed by atoms with Crippen LogP contribution in [0.3, 0.4) is 0 Å². The van der Waals surface area contributed by atoms with Crippen LogP contribution in [0.15, 0.2) is 113 Å². The summed E-state index contributed by atoms with van der Waals surface area (Å²) in [6, 6.07) is 22.3. The summed E-state index contributed by atoms with van der Waals surface area (Å²) in [7, 11) is 1.59. The Bertz CT molecular complexity index is 2210. The van der Waals surface area contributed by atoms with Gasteiger partial charge in [-0.2, -0.15) is 5.10 Å². The fourth-order valence-corrected chi connectivity index (χ4v) is 6.69. The molecule has 1 aliphatic heterocycles. The van der Waals surface area contributed by atoms with Crippen molar-refractivity contribution in [1.29, 1.82) is 0 Å². The summed E-state index contributed by atoms with van der Waals surface area (Å²) in [5, 5.41) is 4.97. The van der Waals surface area contributed by atoms with Crippen LogP contribution in [0.5, 0.6) is 11.5 Å². The maximum Gasteiger partial charge on any atom is 0.338 e. The fraction of sp³-hybridized carbons (Fsp3) is 0.211. The number of methoxy groups -OCH3 is 1. The lowest BCUT2D eigenvalue weighted by Gasteiger charge is -2.24. The molecule has 3 heterocycles. The van der Waals surface area contributed by atoms with Gasteiger partial charge in [0.15, 0.2) is 4.80 Å². The maximum atomic E-state index is 14.4. The van der Waals surface area contributed by atoms with Gasteiger partial charge in [0.2, 0.25) is 0 Å². The van der Waals surface area contributed by atoms with E-state index in [0.717, 1.165) is 33.7 Å². The number of rotatable bonds is 10. The molecular formula is C38H36N4O5S. The average Bonchev–Trinajstić information content (AvgIpc) is 3.64. The van der Waals surface area contributed by atoms with Gasteiger partial charge in [0.05, 0.1) is 40.7 Å². The first-order valence-corrected chi connectivity index (χ1v) is 16.4. The molecule has 0 aliphatic carbocycles. The third kappa shape index (κ3) is 6.39. The number of fused-ring (bicyclic) bond motifs is 1. The molecule has 5 aromatic rings. The number of hydrogen-bond acceptors (Lipinski definition) is 8. The van der Waals surface area contributed by atoms with Crippen molar-refractivity contribution in [2.75, 3.05) is 13.7 Å². The highest BCUT2D eigenvalue weighted by Crippen LogP contribution is 2.32. The van der Waals surface area contributed by atoms with Gasteiger partial charge in [-0.3, -0.25) is 9.36 Å². The van der Waals surface area contributed by atoms with Crippen molar-refractivity contribution in [3.05, 3.63) is 139 Å². The Morgan fingerprint density at radius 1 is 1.06 bits per heavy atom. The van der Waals surface area contributed by atoms with Gasteiger partial charge in [-0.25, -0.2) is 14.5 Å². The minimum atomic E-state index is -0.755. The zero-order chi connectivity index (χ0) is 33.9. The Morgan fingerprint density at radius 3 is 2.48 bits per heavy atom. The van der Waals surface area contributed by atoms with Crippen LogP contribution in [0.4, 0.5) is 0 Å². The van der Waals surface area contributed by atoms with Gasteiger partial charge in [0.1, 0.15) is 23.8 Å². The van der Waals surface area contributed by atoms with Crippen LogP contribution >= 0.6 is 11.3 Å². The lowest BCUT2D eigenvalue weighted by Crippen LogP contribution is -2.39. The zero-order valence-electron chi connectivity index (χ0n) is 27.5. The van der Waals surface area contributed by atoms with Crippen LogP contribution in [-0.2, 0) is 9.53 Å². The third-order valence-corrected chi connectivity index (χ3v) is 8.85. The van der Waals surface area contributed by atoms with E-state index in [2.05, 4.69) is 6.58 Å². The molecule has 0 amide bonds. The van der Waals surface area contributed by atoms with Crippen molar-refractivity contribution in [3.63, 3.8) is 0 Å². The Morgan fingerprint density at radius 2 is 1.81 bits per heavy atom. The van der Waals surface area contributed by atoms with Crippen molar-refractivity contribution in [2.45, 2.75) is 39.8 Å². The number of aryl methyl sites for hydroxylation is 1.